The van der Waals surface area contributed by atoms with E-state index in [-0.39, 0.29) is 17.6 Å². The number of hydrogen-bond acceptors (Lipinski definition) is 7. The van der Waals surface area contributed by atoms with E-state index in [1.807, 2.05) is 7.05 Å². The smallest absolute Gasteiger partial charge is 0.284 e. The molecule has 1 atom stereocenters. The lowest BCUT2D eigenvalue weighted by Crippen LogP contribution is -2.46. The van der Waals surface area contributed by atoms with Gasteiger partial charge in [-0.25, -0.2) is 0 Å². The fourth-order valence-corrected chi connectivity index (χ4v) is 3.77. The van der Waals surface area contributed by atoms with Crippen molar-refractivity contribution in [3.05, 3.63) is 40.2 Å². The topological polar surface area (TPSA) is 106 Å². The van der Waals surface area contributed by atoms with Crippen LogP contribution in [0.15, 0.2) is 34.6 Å². The van der Waals surface area contributed by atoms with Crippen LogP contribution in [0.3, 0.4) is 0 Å². The molecule has 1 fully saturated rings. The Kier molecular flexibility index (Phi) is 5.52. The molecule has 138 valence electrons. The van der Waals surface area contributed by atoms with Crippen LogP contribution in [-0.4, -0.2) is 56.7 Å². The summed E-state index contributed by atoms with van der Waals surface area (Å²) >= 11 is 1.15. The van der Waals surface area contributed by atoms with Gasteiger partial charge in [0, 0.05) is 37.8 Å². The van der Waals surface area contributed by atoms with Crippen molar-refractivity contribution in [1.29, 1.82) is 0 Å². The standard InChI is InChI=1S/C16H20N6O3S/c1-17-12-4-3-7-21(9-12)15(23)11-5-6-14(13(8-11)22(24)25)26-16-19-18-10-20(16)2/h5-6,8,10,12,17H,3-4,7,9H2,1-2H3. The first-order valence-electron chi connectivity index (χ1n) is 8.26. The predicted molar refractivity (Wildman–Crippen MR) is 96.2 cm³/mol. The van der Waals surface area contributed by atoms with E-state index in [1.165, 1.54) is 12.4 Å². The number of carbonyl (C=O) groups excluding carboxylic acids is 1. The van der Waals surface area contributed by atoms with Gasteiger partial charge >= 0.3 is 0 Å². The molecule has 1 aromatic carbocycles. The van der Waals surface area contributed by atoms with Gasteiger partial charge in [0.15, 0.2) is 5.16 Å². The van der Waals surface area contributed by atoms with Crippen LogP contribution in [0.1, 0.15) is 23.2 Å². The Labute approximate surface area is 154 Å². The van der Waals surface area contributed by atoms with E-state index < -0.39 is 4.92 Å². The number of likely N-dealkylation sites (N-methyl/N-ethyl adjacent to an activating group) is 1. The predicted octanol–water partition coefficient (Wildman–Crippen LogP) is 1.70. The molecule has 1 aliphatic rings. The molecule has 9 nitrogen and oxygen atoms in total. The summed E-state index contributed by atoms with van der Waals surface area (Å²) in [6.07, 6.45) is 3.47. The highest BCUT2D eigenvalue weighted by atomic mass is 32.2. The number of nitro groups is 1. The third-order valence-electron chi connectivity index (χ3n) is 4.39. The van der Waals surface area contributed by atoms with Gasteiger partial charge < -0.3 is 14.8 Å². The van der Waals surface area contributed by atoms with Crippen LogP contribution in [0.25, 0.3) is 0 Å². The largest absolute Gasteiger partial charge is 0.337 e. The second-order valence-corrected chi connectivity index (χ2v) is 7.15. The molecule has 0 bridgehead atoms. The van der Waals surface area contributed by atoms with E-state index in [9.17, 15) is 14.9 Å². The Morgan fingerprint density at radius 2 is 2.27 bits per heavy atom. The summed E-state index contributed by atoms with van der Waals surface area (Å²) in [5, 5.41) is 22.9. The van der Waals surface area contributed by atoms with Gasteiger partial charge in [-0.15, -0.1) is 10.2 Å². The highest BCUT2D eigenvalue weighted by Crippen LogP contribution is 2.34. The average Bonchev–Trinajstić information content (AvgIpc) is 3.06. The van der Waals surface area contributed by atoms with Crippen LogP contribution in [-0.2, 0) is 7.05 Å². The van der Waals surface area contributed by atoms with E-state index in [0.717, 1.165) is 24.6 Å². The third kappa shape index (κ3) is 3.86. The van der Waals surface area contributed by atoms with E-state index in [2.05, 4.69) is 15.5 Å². The lowest BCUT2D eigenvalue weighted by atomic mass is 10.0. The Morgan fingerprint density at radius 3 is 2.92 bits per heavy atom. The molecule has 0 aliphatic carbocycles. The first-order valence-corrected chi connectivity index (χ1v) is 9.08. The van der Waals surface area contributed by atoms with Gasteiger partial charge in [0.05, 0.1) is 9.82 Å². The fraction of sp³-hybridized carbons (Fsp3) is 0.438. The molecule has 1 unspecified atom stereocenters. The van der Waals surface area contributed by atoms with Crippen molar-refractivity contribution in [3.63, 3.8) is 0 Å². The van der Waals surface area contributed by atoms with E-state index in [4.69, 9.17) is 0 Å². The molecule has 0 saturated carbocycles. The number of nitrogens with one attached hydrogen (secondary N) is 1. The highest BCUT2D eigenvalue weighted by Gasteiger charge is 2.26. The van der Waals surface area contributed by atoms with Crippen LogP contribution in [0.2, 0.25) is 0 Å². The monoisotopic (exact) mass is 376 g/mol. The summed E-state index contributed by atoms with van der Waals surface area (Å²) in [6, 6.07) is 4.85. The maximum atomic E-state index is 12.8. The van der Waals surface area contributed by atoms with Crippen LogP contribution in [0, 0.1) is 10.1 Å². The van der Waals surface area contributed by atoms with Gasteiger partial charge in [0.1, 0.15) is 6.33 Å². The second kappa shape index (κ2) is 7.83. The number of aryl methyl sites for hydroxylation is 1. The summed E-state index contributed by atoms with van der Waals surface area (Å²) in [5.74, 6) is -0.178. The van der Waals surface area contributed by atoms with Gasteiger partial charge in [0.2, 0.25) is 0 Å². The fourth-order valence-electron chi connectivity index (χ4n) is 2.92. The molecule has 10 heteroatoms. The van der Waals surface area contributed by atoms with E-state index >= 15 is 0 Å². The summed E-state index contributed by atoms with van der Waals surface area (Å²) < 4.78 is 1.68. The van der Waals surface area contributed by atoms with Gasteiger partial charge in [-0.05, 0) is 43.8 Å². The van der Waals surface area contributed by atoms with Crippen molar-refractivity contribution in [1.82, 2.24) is 25.0 Å². The van der Waals surface area contributed by atoms with Crippen LogP contribution < -0.4 is 5.32 Å². The molecule has 3 rings (SSSR count). The van der Waals surface area contributed by atoms with Gasteiger partial charge in [-0.1, -0.05) is 0 Å². The lowest BCUT2D eigenvalue weighted by Gasteiger charge is -2.32. The Balaban J connectivity index is 1.85. The number of nitrogens with zero attached hydrogens (tertiary/aromatic N) is 5. The minimum absolute atomic E-state index is 0.106. The van der Waals surface area contributed by atoms with Crippen LogP contribution in [0.4, 0.5) is 5.69 Å². The maximum Gasteiger partial charge on any atom is 0.284 e. The molecule has 1 N–H and O–H groups in total. The Morgan fingerprint density at radius 1 is 1.46 bits per heavy atom. The Hall–Kier alpha value is -2.46. The third-order valence-corrected chi connectivity index (χ3v) is 5.51. The molecule has 0 radical (unpaired) electrons. The zero-order valence-electron chi connectivity index (χ0n) is 14.6. The zero-order valence-corrected chi connectivity index (χ0v) is 15.4. The minimum atomic E-state index is -0.470. The van der Waals surface area contributed by atoms with Gasteiger partial charge in [-0.2, -0.15) is 0 Å². The molecule has 1 amide bonds. The SMILES string of the molecule is CNC1CCCN(C(=O)c2ccc(Sc3nncn3C)c([N+](=O)[O-])c2)C1. The number of amides is 1. The minimum Gasteiger partial charge on any atom is -0.337 e. The van der Waals surface area contributed by atoms with Crippen molar-refractivity contribution in [3.8, 4) is 0 Å². The van der Waals surface area contributed by atoms with Crippen molar-refractivity contribution in [2.24, 2.45) is 7.05 Å². The number of rotatable bonds is 5. The number of benzene rings is 1. The zero-order chi connectivity index (χ0) is 18.7. The van der Waals surface area contributed by atoms with Crippen molar-refractivity contribution in [2.75, 3.05) is 20.1 Å². The second-order valence-electron chi connectivity index (χ2n) is 6.15. The molecule has 1 aliphatic heterocycles. The molecule has 2 aromatic rings. The summed E-state index contributed by atoms with van der Waals surface area (Å²) in [4.78, 5) is 26.0. The first kappa shape index (κ1) is 18.3. The molecular weight excluding hydrogens is 356 g/mol. The molecular formula is C16H20N6O3S. The average molecular weight is 376 g/mol. The normalized spacial score (nSPS) is 17.3. The molecule has 1 saturated heterocycles. The number of nitro benzene ring substituents is 1. The van der Waals surface area contributed by atoms with Crippen molar-refractivity contribution >= 4 is 23.4 Å². The van der Waals surface area contributed by atoms with Crippen molar-refractivity contribution < 1.29 is 9.72 Å². The van der Waals surface area contributed by atoms with E-state index in [0.29, 0.717) is 28.7 Å². The summed E-state index contributed by atoms with van der Waals surface area (Å²) in [7, 11) is 3.64. The van der Waals surface area contributed by atoms with Crippen LogP contribution >= 0.6 is 11.8 Å². The number of likely N-dealkylation sites (tertiary alicyclic amines) is 1. The molecule has 26 heavy (non-hydrogen) atoms. The lowest BCUT2D eigenvalue weighted by molar-refractivity contribution is -0.387. The van der Waals surface area contributed by atoms with E-state index in [1.54, 1.807) is 28.6 Å². The summed E-state index contributed by atoms with van der Waals surface area (Å²) in [6.45, 7) is 1.28. The quantitative estimate of drug-likeness (QED) is 0.625. The number of aromatic nitrogens is 3. The highest BCUT2D eigenvalue weighted by molar-refractivity contribution is 7.99. The van der Waals surface area contributed by atoms with Gasteiger partial charge in [-0.3, -0.25) is 14.9 Å². The number of piperidine rings is 1. The Bertz CT molecular complexity index is 824. The van der Waals surface area contributed by atoms with Gasteiger partial charge in [0.25, 0.3) is 11.6 Å². The molecule has 2 heterocycles. The maximum absolute atomic E-state index is 12.8. The summed E-state index contributed by atoms with van der Waals surface area (Å²) in [5.41, 5.74) is 0.224. The molecule has 1 aromatic heterocycles. The van der Waals surface area contributed by atoms with Crippen LogP contribution in [0.5, 0.6) is 0 Å². The molecule has 0 spiro atoms. The first-order chi connectivity index (χ1) is 12.5. The van der Waals surface area contributed by atoms with Crippen molar-refractivity contribution in [2.45, 2.75) is 28.9 Å². The number of hydrogen-bond donors (Lipinski definition) is 1. The number of carbonyl (C=O) groups is 1.